The molecule has 0 saturated carbocycles. The van der Waals surface area contributed by atoms with Crippen molar-refractivity contribution in [3.63, 3.8) is 0 Å². The van der Waals surface area contributed by atoms with Crippen molar-refractivity contribution >= 4 is 0 Å². The summed E-state index contributed by atoms with van der Waals surface area (Å²) in [7, 11) is 0. The van der Waals surface area contributed by atoms with Crippen LogP contribution in [0.4, 0.5) is 0 Å². The molecule has 3 N–H and O–H groups in total. The van der Waals surface area contributed by atoms with Crippen LogP contribution in [-0.2, 0) is 6.42 Å². The van der Waals surface area contributed by atoms with Crippen LogP contribution in [0, 0.1) is 6.92 Å². The normalized spacial score (nSPS) is 14.2. The first kappa shape index (κ1) is 14.7. The van der Waals surface area contributed by atoms with Crippen LogP contribution in [-0.4, -0.2) is 14.8 Å². The summed E-state index contributed by atoms with van der Waals surface area (Å²) in [5.74, 6) is 5.67. The van der Waals surface area contributed by atoms with Gasteiger partial charge in [-0.05, 0) is 44.0 Å². The first-order chi connectivity index (χ1) is 9.63. The Morgan fingerprint density at radius 2 is 2.20 bits per heavy atom. The number of nitrogens with zero attached hydrogens (tertiary/aromatic N) is 3. The highest BCUT2D eigenvalue weighted by atomic mass is 15.3. The molecule has 108 valence electrons. The summed E-state index contributed by atoms with van der Waals surface area (Å²) in [5.41, 5.74) is 5.99. The molecule has 2 heterocycles. The number of hydrazine groups is 1. The van der Waals surface area contributed by atoms with Crippen molar-refractivity contribution in [1.29, 1.82) is 0 Å². The molecule has 0 fully saturated rings. The first-order valence-electron chi connectivity index (χ1n) is 7.06. The van der Waals surface area contributed by atoms with Gasteiger partial charge in [0.25, 0.3) is 0 Å². The van der Waals surface area contributed by atoms with E-state index in [0.29, 0.717) is 6.04 Å². The lowest BCUT2D eigenvalue weighted by atomic mass is 10.1. The van der Waals surface area contributed by atoms with Gasteiger partial charge in [0.1, 0.15) is 0 Å². The van der Waals surface area contributed by atoms with Crippen LogP contribution >= 0.6 is 0 Å². The summed E-state index contributed by atoms with van der Waals surface area (Å²) in [4.78, 5) is 4.39. The smallest absolute Gasteiger partial charge is 0.0688 e. The van der Waals surface area contributed by atoms with Gasteiger partial charge in [-0.1, -0.05) is 6.92 Å². The molecule has 2 atom stereocenters. The Hall–Kier alpha value is -1.72. The van der Waals surface area contributed by atoms with Crippen LogP contribution in [0.3, 0.4) is 0 Å². The summed E-state index contributed by atoms with van der Waals surface area (Å²) in [5, 5.41) is 4.61. The second-order valence-corrected chi connectivity index (χ2v) is 5.23. The summed E-state index contributed by atoms with van der Waals surface area (Å²) in [6.07, 6.45) is 5.64. The molecule has 0 aliphatic heterocycles. The van der Waals surface area contributed by atoms with E-state index in [9.17, 15) is 0 Å². The fourth-order valence-corrected chi connectivity index (χ4v) is 2.13. The van der Waals surface area contributed by atoms with E-state index in [1.54, 1.807) is 0 Å². The third kappa shape index (κ3) is 3.43. The standard InChI is InChI=1S/C15H23N5/c1-4-12(3)20-8-6-13(19-20)10-15(18-16)14-9-11(2)5-7-17-14/h5-9,12,15,18H,4,10,16H2,1-3H3. The monoisotopic (exact) mass is 273 g/mol. The average Bonchev–Trinajstić information content (AvgIpc) is 2.92. The minimum absolute atomic E-state index is 0.0183. The van der Waals surface area contributed by atoms with E-state index >= 15 is 0 Å². The molecule has 0 aromatic carbocycles. The molecule has 0 spiro atoms. The third-order valence-electron chi connectivity index (χ3n) is 3.61. The maximum Gasteiger partial charge on any atom is 0.0688 e. The summed E-state index contributed by atoms with van der Waals surface area (Å²) in [6, 6.07) is 6.48. The Morgan fingerprint density at radius 3 is 2.85 bits per heavy atom. The number of hydrogen-bond acceptors (Lipinski definition) is 4. The number of aromatic nitrogens is 3. The largest absolute Gasteiger partial charge is 0.271 e. The maximum absolute atomic E-state index is 5.67. The minimum Gasteiger partial charge on any atom is -0.271 e. The highest BCUT2D eigenvalue weighted by molar-refractivity contribution is 5.19. The molecule has 2 unspecified atom stereocenters. The molecule has 2 rings (SSSR count). The van der Waals surface area contributed by atoms with Crippen LogP contribution in [0.25, 0.3) is 0 Å². The Kier molecular flexibility index (Phi) is 4.87. The van der Waals surface area contributed by atoms with Crippen molar-refractivity contribution in [1.82, 2.24) is 20.2 Å². The molecule has 5 heteroatoms. The quantitative estimate of drug-likeness (QED) is 0.626. The number of nitrogens with one attached hydrogen (secondary N) is 1. The third-order valence-corrected chi connectivity index (χ3v) is 3.61. The molecule has 2 aromatic rings. The molecule has 0 saturated heterocycles. The van der Waals surface area contributed by atoms with Gasteiger partial charge in [-0.25, -0.2) is 0 Å². The molecule has 0 amide bonds. The van der Waals surface area contributed by atoms with Crippen LogP contribution in [0.5, 0.6) is 0 Å². The van der Waals surface area contributed by atoms with Gasteiger partial charge in [-0.15, -0.1) is 0 Å². The van der Waals surface area contributed by atoms with Gasteiger partial charge in [0, 0.05) is 24.9 Å². The molecule has 0 aliphatic carbocycles. The van der Waals surface area contributed by atoms with Gasteiger partial charge < -0.3 is 0 Å². The van der Waals surface area contributed by atoms with Gasteiger partial charge in [0.05, 0.1) is 17.4 Å². The maximum atomic E-state index is 5.67. The predicted molar refractivity (Wildman–Crippen MR) is 80.0 cm³/mol. The van der Waals surface area contributed by atoms with Gasteiger partial charge in [-0.2, -0.15) is 5.10 Å². The SMILES string of the molecule is CCC(C)n1ccc(CC(NN)c2cc(C)ccn2)n1. The molecular weight excluding hydrogens is 250 g/mol. The lowest BCUT2D eigenvalue weighted by Gasteiger charge is -2.14. The minimum atomic E-state index is -0.0183. The number of aryl methyl sites for hydroxylation is 1. The van der Waals surface area contributed by atoms with Gasteiger partial charge >= 0.3 is 0 Å². The van der Waals surface area contributed by atoms with E-state index in [1.807, 2.05) is 29.2 Å². The van der Waals surface area contributed by atoms with E-state index in [1.165, 1.54) is 5.56 Å². The second-order valence-electron chi connectivity index (χ2n) is 5.23. The van der Waals surface area contributed by atoms with Crippen molar-refractivity contribution < 1.29 is 0 Å². The zero-order chi connectivity index (χ0) is 14.5. The molecule has 0 bridgehead atoms. The van der Waals surface area contributed by atoms with E-state index in [2.05, 4.69) is 42.3 Å². The Bertz CT molecular complexity index is 549. The van der Waals surface area contributed by atoms with Crippen LogP contribution < -0.4 is 11.3 Å². The van der Waals surface area contributed by atoms with Crippen molar-refractivity contribution in [2.24, 2.45) is 5.84 Å². The summed E-state index contributed by atoms with van der Waals surface area (Å²) < 4.78 is 2.01. The van der Waals surface area contributed by atoms with Crippen LogP contribution in [0.15, 0.2) is 30.6 Å². The van der Waals surface area contributed by atoms with Crippen molar-refractivity contribution in [3.8, 4) is 0 Å². The first-order valence-corrected chi connectivity index (χ1v) is 7.06. The van der Waals surface area contributed by atoms with Crippen LogP contribution in [0.1, 0.15) is 49.3 Å². The molecule has 2 aromatic heterocycles. The zero-order valence-electron chi connectivity index (χ0n) is 12.4. The second kappa shape index (κ2) is 6.63. The van der Waals surface area contributed by atoms with E-state index in [4.69, 9.17) is 5.84 Å². The number of nitrogens with two attached hydrogens (primary N) is 1. The topological polar surface area (TPSA) is 68.8 Å². The number of pyridine rings is 1. The van der Waals surface area contributed by atoms with Gasteiger partial charge in [0.15, 0.2) is 0 Å². The van der Waals surface area contributed by atoms with E-state index in [-0.39, 0.29) is 6.04 Å². The lowest BCUT2D eigenvalue weighted by Crippen LogP contribution is -2.30. The van der Waals surface area contributed by atoms with E-state index in [0.717, 1.165) is 24.2 Å². The highest BCUT2D eigenvalue weighted by Gasteiger charge is 2.14. The summed E-state index contributed by atoms with van der Waals surface area (Å²) >= 11 is 0. The number of hydrogen-bond donors (Lipinski definition) is 2. The fourth-order valence-electron chi connectivity index (χ4n) is 2.13. The lowest BCUT2D eigenvalue weighted by molar-refractivity contribution is 0.465. The Balaban J connectivity index is 2.12. The Labute approximate surface area is 120 Å². The van der Waals surface area contributed by atoms with Crippen molar-refractivity contribution in [2.45, 2.75) is 45.7 Å². The molecular formula is C15H23N5. The summed E-state index contributed by atoms with van der Waals surface area (Å²) in [6.45, 7) is 6.38. The molecule has 5 nitrogen and oxygen atoms in total. The highest BCUT2D eigenvalue weighted by Crippen LogP contribution is 2.17. The molecule has 0 radical (unpaired) electrons. The van der Waals surface area contributed by atoms with Gasteiger partial charge in [0.2, 0.25) is 0 Å². The average molecular weight is 273 g/mol. The van der Waals surface area contributed by atoms with Crippen molar-refractivity contribution in [3.05, 3.63) is 47.5 Å². The number of rotatable bonds is 6. The fraction of sp³-hybridized carbons (Fsp3) is 0.467. The zero-order valence-corrected chi connectivity index (χ0v) is 12.4. The molecule has 0 aliphatic rings. The van der Waals surface area contributed by atoms with Gasteiger partial charge in [-0.3, -0.25) is 20.9 Å². The van der Waals surface area contributed by atoms with Crippen molar-refractivity contribution in [2.75, 3.05) is 0 Å². The predicted octanol–water partition coefficient (Wildman–Crippen LogP) is 2.30. The van der Waals surface area contributed by atoms with E-state index < -0.39 is 0 Å². The molecule has 20 heavy (non-hydrogen) atoms. The Morgan fingerprint density at radius 1 is 1.40 bits per heavy atom. The van der Waals surface area contributed by atoms with Crippen LogP contribution in [0.2, 0.25) is 0 Å².